The molecule has 1 aliphatic rings. The van der Waals surface area contributed by atoms with Crippen LogP contribution in [0.3, 0.4) is 0 Å². The van der Waals surface area contributed by atoms with Gasteiger partial charge in [0.1, 0.15) is 6.61 Å². The topological polar surface area (TPSA) is 67.9 Å². The van der Waals surface area contributed by atoms with E-state index in [9.17, 15) is 9.59 Å². The van der Waals surface area contributed by atoms with Crippen LogP contribution in [0.2, 0.25) is 5.02 Å². The number of amides is 2. The molecule has 0 aliphatic carbocycles. The van der Waals surface area contributed by atoms with Crippen molar-refractivity contribution in [3.63, 3.8) is 0 Å². The summed E-state index contributed by atoms with van der Waals surface area (Å²) in [4.78, 5) is 26.3. The van der Waals surface area contributed by atoms with Crippen LogP contribution in [-0.4, -0.2) is 25.5 Å². The number of fused-ring (bicyclic) bond motifs is 1. The number of rotatable bonds is 6. The predicted molar refractivity (Wildman–Crippen MR) is 125 cm³/mol. The molecule has 0 unspecified atom stereocenters. The van der Waals surface area contributed by atoms with Crippen molar-refractivity contribution in [1.29, 1.82) is 0 Å². The smallest absolute Gasteiger partial charge is 0.255 e. The summed E-state index contributed by atoms with van der Waals surface area (Å²) in [7, 11) is 1.53. The third-order valence-corrected chi connectivity index (χ3v) is 5.75. The Labute approximate surface area is 191 Å². The fourth-order valence-corrected chi connectivity index (χ4v) is 3.90. The lowest BCUT2D eigenvalue weighted by atomic mass is 10.1. The van der Waals surface area contributed by atoms with Gasteiger partial charge in [-0.25, -0.2) is 0 Å². The zero-order valence-corrected chi connectivity index (χ0v) is 18.6. The maximum atomic E-state index is 12.8. The van der Waals surface area contributed by atoms with Crippen molar-refractivity contribution in [2.45, 2.75) is 20.0 Å². The summed E-state index contributed by atoms with van der Waals surface area (Å²) in [6.45, 7) is 2.50. The maximum Gasteiger partial charge on any atom is 0.255 e. The van der Waals surface area contributed by atoms with Gasteiger partial charge in [0.2, 0.25) is 5.91 Å². The number of carbonyl (C=O) groups excluding carboxylic acids is 2. The molecule has 0 saturated carbocycles. The highest BCUT2D eigenvalue weighted by Crippen LogP contribution is 2.32. The van der Waals surface area contributed by atoms with E-state index in [4.69, 9.17) is 21.1 Å². The summed E-state index contributed by atoms with van der Waals surface area (Å²) < 4.78 is 11.3. The van der Waals surface area contributed by atoms with Gasteiger partial charge in [-0.3, -0.25) is 9.59 Å². The molecule has 1 aliphatic heterocycles. The Balaban J connectivity index is 1.46. The van der Waals surface area contributed by atoms with Gasteiger partial charge in [0.25, 0.3) is 5.91 Å². The van der Waals surface area contributed by atoms with Crippen LogP contribution in [0.15, 0.2) is 60.7 Å². The van der Waals surface area contributed by atoms with Crippen LogP contribution < -0.4 is 19.7 Å². The van der Waals surface area contributed by atoms with Gasteiger partial charge in [-0.2, -0.15) is 0 Å². The van der Waals surface area contributed by atoms with Crippen molar-refractivity contribution >= 4 is 34.8 Å². The van der Waals surface area contributed by atoms with Gasteiger partial charge in [0.15, 0.2) is 11.5 Å². The van der Waals surface area contributed by atoms with Crippen LogP contribution in [0.4, 0.5) is 11.4 Å². The van der Waals surface area contributed by atoms with Crippen molar-refractivity contribution < 1.29 is 19.1 Å². The second-order valence-electron chi connectivity index (χ2n) is 7.46. The lowest BCUT2D eigenvalue weighted by molar-refractivity contribution is -0.116. The molecule has 4 rings (SSSR count). The van der Waals surface area contributed by atoms with Gasteiger partial charge in [0, 0.05) is 41.0 Å². The molecule has 3 aromatic rings. The molecule has 1 heterocycles. The Hall–Kier alpha value is -3.51. The highest BCUT2D eigenvalue weighted by molar-refractivity contribution is 6.31. The van der Waals surface area contributed by atoms with E-state index in [1.807, 2.05) is 36.4 Å². The Morgan fingerprint density at radius 2 is 1.88 bits per heavy atom. The van der Waals surface area contributed by atoms with Gasteiger partial charge in [0.05, 0.1) is 7.11 Å². The molecule has 32 heavy (non-hydrogen) atoms. The molecule has 7 heteroatoms. The van der Waals surface area contributed by atoms with Gasteiger partial charge >= 0.3 is 0 Å². The second kappa shape index (κ2) is 9.32. The van der Waals surface area contributed by atoms with Crippen LogP contribution in [0.25, 0.3) is 0 Å². The highest BCUT2D eigenvalue weighted by Gasteiger charge is 2.22. The Kier molecular flexibility index (Phi) is 6.32. The van der Waals surface area contributed by atoms with Crippen LogP contribution in [0, 0.1) is 0 Å². The fraction of sp³-hybridized carbons (Fsp3) is 0.200. The molecule has 0 aromatic heterocycles. The minimum absolute atomic E-state index is 0.0180. The summed E-state index contributed by atoms with van der Waals surface area (Å²) in [6.07, 6.45) is 0.768. The summed E-state index contributed by atoms with van der Waals surface area (Å²) in [5, 5.41) is 3.54. The van der Waals surface area contributed by atoms with E-state index in [0.717, 1.165) is 23.2 Å². The zero-order valence-electron chi connectivity index (χ0n) is 17.9. The quantitative estimate of drug-likeness (QED) is 0.568. The van der Waals surface area contributed by atoms with Gasteiger partial charge < -0.3 is 19.7 Å². The van der Waals surface area contributed by atoms with E-state index in [2.05, 4.69) is 5.32 Å². The standard InChI is InChI=1S/C25H23ClN2O4/c1-16(29)28-12-11-17-13-20(8-9-22(17)28)27-25(30)18-7-10-23(24(14-18)31-2)32-15-19-5-3-4-6-21(19)26/h3-10,13-14H,11-12,15H2,1-2H3,(H,27,30). The van der Waals surface area contributed by atoms with E-state index in [-0.39, 0.29) is 18.4 Å². The minimum Gasteiger partial charge on any atom is -0.493 e. The number of hydrogen-bond acceptors (Lipinski definition) is 4. The van der Waals surface area contributed by atoms with Crippen molar-refractivity contribution in [3.05, 3.63) is 82.4 Å². The zero-order chi connectivity index (χ0) is 22.7. The van der Waals surface area contributed by atoms with Crippen LogP contribution >= 0.6 is 11.6 Å². The molecule has 0 fully saturated rings. The summed E-state index contributed by atoms with van der Waals surface area (Å²) in [6, 6.07) is 18.1. The van der Waals surface area contributed by atoms with Crippen molar-refractivity contribution in [1.82, 2.24) is 0 Å². The normalized spacial score (nSPS) is 12.3. The maximum absolute atomic E-state index is 12.8. The van der Waals surface area contributed by atoms with Gasteiger partial charge in [-0.15, -0.1) is 0 Å². The van der Waals surface area contributed by atoms with E-state index in [1.54, 1.807) is 36.1 Å². The monoisotopic (exact) mass is 450 g/mol. The average molecular weight is 451 g/mol. The number of hydrogen-bond donors (Lipinski definition) is 1. The number of carbonyl (C=O) groups is 2. The van der Waals surface area contributed by atoms with Crippen molar-refractivity contribution in [2.75, 3.05) is 23.9 Å². The molecule has 0 radical (unpaired) electrons. The number of anilines is 2. The summed E-state index contributed by atoms with van der Waals surface area (Å²) in [5.41, 5.74) is 3.92. The molecule has 2 amide bonds. The van der Waals surface area contributed by atoms with Crippen LogP contribution in [-0.2, 0) is 17.8 Å². The number of ether oxygens (including phenoxy) is 2. The van der Waals surface area contributed by atoms with E-state index in [0.29, 0.717) is 34.3 Å². The van der Waals surface area contributed by atoms with E-state index < -0.39 is 0 Å². The molecular weight excluding hydrogens is 428 g/mol. The Bertz CT molecular complexity index is 1180. The summed E-state index contributed by atoms with van der Waals surface area (Å²) in [5.74, 6) is 0.730. The molecule has 1 N–H and O–H groups in total. The fourth-order valence-electron chi connectivity index (χ4n) is 3.71. The SMILES string of the molecule is COc1cc(C(=O)Nc2ccc3c(c2)CCN3C(C)=O)ccc1OCc1ccccc1Cl. The van der Waals surface area contributed by atoms with Crippen molar-refractivity contribution in [3.8, 4) is 11.5 Å². The number of nitrogens with one attached hydrogen (secondary N) is 1. The third-order valence-electron chi connectivity index (χ3n) is 5.38. The average Bonchev–Trinajstić information content (AvgIpc) is 3.22. The second-order valence-corrected chi connectivity index (χ2v) is 7.87. The number of methoxy groups -OCH3 is 1. The Morgan fingerprint density at radius 1 is 1.06 bits per heavy atom. The van der Waals surface area contributed by atoms with E-state index in [1.165, 1.54) is 7.11 Å². The largest absolute Gasteiger partial charge is 0.493 e. The molecule has 164 valence electrons. The third kappa shape index (κ3) is 4.55. The van der Waals surface area contributed by atoms with Crippen LogP contribution in [0.1, 0.15) is 28.4 Å². The van der Waals surface area contributed by atoms with Crippen LogP contribution in [0.5, 0.6) is 11.5 Å². The molecule has 0 spiro atoms. The summed E-state index contributed by atoms with van der Waals surface area (Å²) >= 11 is 6.18. The molecule has 0 saturated heterocycles. The molecule has 0 bridgehead atoms. The van der Waals surface area contributed by atoms with Gasteiger partial charge in [-0.1, -0.05) is 29.8 Å². The highest BCUT2D eigenvalue weighted by atomic mass is 35.5. The molecule has 6 nitrogen and oxygen atoms in total. The Morgan fingerprint density at radius 3 is 2.62 bits per heavy atom. The number of nitrogens with zero attached hydrogens (tertiary/aromatic N) is 1. The lowest BCUT2D eigenvalue weighted by Crippen LogP contribution is -2.25. The first-order valence-electron chi connectivity index (χ1n) is 10.2. The minimum atomic E-state index is -0.262. The van der Waals surface area contributed by atoms with E-state index >= 15 is 0 Å². The molecule has 3 aromatic carbocycles. The number of benzene rings is 3. The van der Waals surface area contributed by atoms with Crippen molar-refractivity contribution in [2.24, 2.45) is 0 Å². The van der Waals surface area contributed by atoms with Gasteiger partial charge in [-0.05, 0) is 54.4 Å². The first-order valence-corrected chi connectivity index (χ1v) is 10.6. The lowest BCUT2D eigenvalue weighted by Gasteiger charge is -2.15. The first-order chi connectivity index (χ1) is 15.5. The first kappa shape index (κ1) is 21.7. The molecule has 0 atom stereocenters. The molecular formula is C25H23ClN2O4. The predicted octanol–water partition coefficient (Wildman–Crippen LogP) is 5.09. The number of halogens is 1.